The number of non-ortho nitro benzene ring substituents is 1. The average molecular weight is 343 g/mol. The van der Waals surface area contributed by atoms with E-state index in [9.17, 15) is 10.1 Å². The van der Waals surface area contributed by atoms with Crippen molar-refractivity contribution in [1.82, 2.24) is 0 Å². The van der Waals surface area contributed by atoms with Gasteiger partial charge in [-0.3, -0.25) is 10.1 Å². The van der Waals surface area contributed by atoms with E-state index >= 15 is 0 Å². The molecule has 0 spiro atoms. The summed E-state index contributed by atoms with van der Waals surface area (Å²) in [6.07, 6.45) is 0. The SMILES string of the molecule is O=[N+]([O-])c1ccc(Br)c(OCc2ccc(Cl)cc2)c1. The van der Waals surface area contributed by atoms with Gasteiger partial charge in [-0.15, -0.1) is 0 Å². The van der Waals surface area contributed by atoms with Gasteiger partial charge in [0, 0.05) is 11.1 Å². The van der Waals surface area contributed by atoms with Crippen LogP contribution in [-0.4, -0.2) is 4.92 Å². The van der Waals surface area contributed by atoms with Gasteiger partial charge in [-0.25, -0.2) is 0 Å². The summed E-state index contributed by atoms with van der Waals surface area (Å²) in [7, 11) is 0. The van der Waals surface area contributed by atoms with Gasteiger partial charge in [-0.2, -0.15) is 0 Å². The van der Waals surface area contributed by atoms with Crippen molar-refractivity contribution in [2.45, 2.75) is 6.61 Å². The fourth-order valence-corrected chi connectivity index (χ4v) is 1.95. The highest BCUT2D eigenvalue weighted by atomic mass is 79.9. The van der Waals surface area contributed by atoms with E-state index in [1.807, 2.05) is 12.1 Å². The lowest BCUT2D eigenvalue weighted by molar-refractivity contribution is -0.385. The summed E-state index contributed by atoms with van der Waals surface area (Å²) in [5.74, 6) is 0.434. The van der Waals surface area contributed by atoms with Gasteiger partial charge in [0.05, 0.1) is 15.5 Å². The van der Waals surface area contributed by atoms with Crippen LogP contribution in [0.5, 0.6) is 5.75 Å². The third-order valence-electron chi connectivity index (χ3n) is 2.43. The Balaban J connectivity index is 2.12. The molecule has 0 heterocycles. The van der Waals surface area contributed by atoms with Crippen molar-refractivity contribution in [3.8, 4) is 5.75 Å². The minimum atomic E-state index is -0.457. The monoisotopic (exact) mass is 341 g/mol. The molecule has 0 bridgehead atoms. The van der Waals surface area contributed by atoms with Crippen LogP contribution in [0.2, 0.25) is 5.02 Å². The lowest BCUT2D eigenvalue weighted by atomic mass is 10.2. The van der Waals surface area contributed by atoms with Crippen LogP contribution >= 0.6 is 27.5 Å². The Hall–Kier alpha value is -1.59. The van der Waals surface area contributed by atoms with E-state index in [0.717, 1.165) is 5.56 Å². The number of nitro benzene ring substituents is 1. The summed E-state index contributed by atoms with van der Waals surface area (Å²) in [5.41, 5.74) is 0.928. The zero-order valence-corrected chi connectivity index (χ0v) is 12.0. The van der Waals surface area contributed by atoms with Crippen molar-refractivity contribution >= 4 is 33.2 Å². The van der Waals surface area contributed by atoms with Gasteiger partial charge in [0.25, 0.3) is 5.69 Å². The number of hydrogen-bond donors (Lipinski definition) is 0. The minimum absolute atomic E-state index is 0.00527. The topological polar surface area (TPSA) is 52.4 Å². The first-order chi connectivity index (χ1) is 9.06. The summed E-state index contributed by atoms with van der Waals surface area (Å²) >= 11 is 9.08. The maximum Gasteiger partial charge on any atom is 0.273 e. The van der Waals surface area contributed by atoms with Gasteiger partial charge < -0.3 is 4.74 Å². The molecule has 4 nitrogen and oxygen atoms in total. The molecule has 0 saturated carbocycles. The lowest BCUT2D eigenvalue weighted by Gasteiger charge is -2.08. The Morgan fingerprint density at radius 3 is 2.53 bits per heavy atom. The van der Waals surface area contributed by atoms with E-state index < -0.39 is 4.92 Å². The number of nitro groups is 1. The van der Waals surface area contributed by atoms with E-state index in [1.54, 1.807) is 18.2 Å². The number of rotatable bonds is 4. The van der Waals surface area contributed by atoms with E-state index in [0.29, 0.717) is 21.9 Å². The molecule has 2 aromatic carbocycles. The maximum absolute atomic E-state index is 10.7. The quantitative estimate of drug-likeness (QED) is 0.603. The van der Waals surface area contributed by atoms with E-state index in [1.165, 1.54) is 12.1 Å². The third-order valence-corrected chi connectivity index (χ3v) is 3.34. The van der Waals surface area contributed by atoms with Gasteiger partial charge in [0.15, 0.2) is 0 Å². The van der Waals surface area contributed by atoms with Crippen LogP contribution in [0.1, 0.15) is 5.56 Å². The van der Waals surface area contributed by atoms with Gasteiger partial charge in [0.1, 0.15) is 12.4 Å². The second-order valence-corrected chi connectivity index (χ2v) is 5.08. The lowest BCUT2D eigenvalue weighted by Crippen LogP contribution is -1.97. The molecular formula is C13H9BrClNO3. The molecule has 0 aliphatic carbocycles. The third kappa shape index (κ3) is 3.68. The summed E-state index contributed by atoms with van der Waals surface area (Å²) in [5, 5.41) is 11.3. The van der Waals surface area contributed by atoms with Crippen molar-refractivity contribution in [3.05, 3.63) is 67.6 Å². The molecule has 6 heteroatoms. The van der Waals surface area contributed by atoms with Crippen molar-refractivity contribution < 1.29 is 9.66 Å². The second-order valence-electron chi connectivity index (χ2n) is 3.79. The first kappa shape index (κ1) is 13.8. The molecule has 19 heavy (non-hydrogen) atoms. The van der Waals surface area contributed by atoms with Crippen LogP contribution in [-0.2, 0) is 6.61 Å². The molecule has 0 saturated heterocycles. The molecule has 2 rings (SSSR count). The zero-order valence-electron chi connectivity index (χ0n) is 9.68. The molecule has 0 N–H and O–H groups in total. The minimum Gasteiger partial charge on any atom is -0.487 e. The van der Waals surface area contributed by atoms with Crippen LogP contribution in [0.4, 0.5) is 5.69 Å². The van der Waals surface area contributed by atoms with Crippen LogP contribution in [0.15, 0.2) is 46.9 Å². The number of ether oxygens (including phenoxy) is 1. The van der Waals surface area contributed by atoms with Gasteiger partial charge >= 0.3 is 0 Å². The molecule has 0 amide bonds. The van der Waals surface area contributed by atoms with Crippen LogP contribution < -0.4 is 4.74 Å². The van der Waals surface area contributed by atoms with Gasteiger partial charge in [-0.05, 0) is 39.7 Å². The largest absolute Gasteiger partial charge is 0.487 e. The highest BCUT2D eigenvalue weighted by molar-refractivity contribution is 9.10. The Labute approximate surface area is 123 Å². The zero-order chi connectivity index (χ0) is 13.8. The Morgan fingerprint density at radius 2 is 1.89 bits per heavy atom. The average Bonchev–Trinajstić information content (AvgIpc) is 2.39. The predicted octanol–water partition coefficient (Wildman–Crippen LogP) is 4.59. The second kappa shape index (κ2) is 6.04. The molecular weight excluding hydrogens is 334 g/mol. The van der Waals surface area contributed by atoms with Gasteiger partial charge in [-0.1, -0.05) is 23.7 Å². The summed E-state index contributed by atoms with van der Waals surface area (Å²) in [6, 6.07) is 11.6. The highest BCUT2D eigenvalue weighted by Gasteiger charge is 2.10. The number of nitrogens with zero attached hydrogens (tertiary/aromatic N) is 1. The summed E-state index contributed by atoms with van der Waals surface area (Å²) in [6.45, 7) is 0.316. The first-order valence-corrected chi connectivity index (χ1v) is 6.54. The van der Waals surface area contributed by atoms with Crippen molar-refractivity contribution in [3.63, 3.8) is 0 Å². The molecule has 0 aromatic heterocycles. The Bertz CT molecular complexity index is 601. The maximum atomic E-state index is 10.7. The van der Waals surface area contributed by atoms with Crippen molar-refractivity contribution in [2.24, 2.45) is 0 Å². The molecule has 0 radical (unpaired) electrons. The van der Waals surface area contributed by atoms with E-state index in [2.05, 4.69) is 15.9 Å². The molecule has 2 aromatic rings. The molecule has 0 aliphatic heterocycles. The summed E-state index contributed by atoms with van der Waals surface area (Å²) < 4.78 is 6.23. The molecule has 98 valence electrons. The fraction of sp³-hybridized carbons (Fsp3) is 0.0769. The molecule has 0 atom stereocenters. The standard InChI is InChI=1S/C13H9BrClNO3/c14-12-6-5-11(16(17)18)7-13(12)19-8-9-1-3-10(15)4-2-9/h1-7H,8H2. The summed E-state index contributed by atoms with van der Waals surface area (Å²) in [4.78, 5) is 10.2. The number of hydrogen-bond acceptors (Lipinski definition) is 3. The van der Waals surface area contributed by atoms with Gasteiger partial charge in [0.2, 0.25) is 0 Å². The fourth-order valence-electron chi connectivity index (χ4n) is 1.46. The van der Waals surface area contributed by atoms with Crippen LogP contribution in [0.25, 0.3) is 0 Å². The molecule has 0 unspecified atom stereocenters. The van der Waals surface area contributed by atoms with E-state index in [-0.39, 0.29) is 5.69 Å². The molecule has 0 aliphatic rings. The predicted molar refractivity (Wildman–Crippen MR) is 76.6 cm³/mol. The molecule has 0 fully saturated rings. The highest BCUT2D eigenvalue weighted by Crippen LogP contribution is 2.29. The Morgan fingerprint density at radius 1 is 1.21 bits per heavy atom. The Kier molecular flexibility index (Phi) is 4.39. The number of benzene rings is 2. The smallest absolute Gasteiger partial charge is 0.273 e. The van der Waals surface area contributed by atoms with Crippen molar-refractivity contribution in [2.75, 3.05) is 0 Å². The van der Waals surface area contributed by atoms with Crippen LogP contribution in [0, 0.1) is 10.1 Å². The van der Waals surface area contributed by atoms with Crippen LogP contribution in [0.3, 0.4) is 0 Å². The van der Waals surface area contributed by atoms with E-state index in [4.69, 9.17) is 16.3 Å². The number of halogens is 2. The first-order valence-electron chi connectivity index (χ1n) is 5.37. The van der Waals surface area contributed by atoms with Crippen molar-refractivity contribution in [1.29, 1.82) is 0 Å². The normalized spacial score (nSPS) is 10.2.